The second kappa shape index (κ2) is 11.5. The van der Waals surface area contributed by atoms with Crippen LogP contribution in [0.1, 0.15) is 29.7 Å². The average Bonchev–Trinajstić information content (AvgIpc) is 2.80. The lowest BCUT2D eigenvalue weighted by Crippen LogP contribution is -2.35. The summed E-state index contributed by atoms with van der Waals surface area (Å²) in [5.41, 5.74) is 4.99. The standard InChI is InChI=1S/C27H31NO6/c1-17-14-24(33-13-12-28-19(3)27(32)21-4-8-22(29)9-5-21)15-18(2)26(17)20-6-10-23(11-7-20)34-16-25(30)31/h4-11,14-15,19,27-29,32H,12-13,16H2,1-3H3,(H,30,31)/t19-,27+/m0/s1. The summed E-state index contributed by atoms with van der Waals surface area (Å²) in [6, 6.07) is 17.7. The molecular formula is C27H31NO6. The lowest BCUT2D eigenvalue weighted by molar-refractivity contribution is -0.139. The van der Waals surface area contributed by atoms with Gasteiger partial charge in [0.05, 0.1) is 6.10 Å². The highest BCUT2D eigenvalue weighted by molar-refractivity contribution is 5.72. The van der Waals surface area contributed by atoms with Crippen LogP contribution < -0.4 is 14.8 Å². The van der Waals surface area contributed by atoms with Crippen molar-refractivity contribution >= 4 is 5.97 Å². The number of aliphatic hydroxyl groups is 1. The highest BCUT2D eigenvalue weighted by Crippen LogP contribution is 2.32. The zero-order chi connectivity index (χ0) is 24.7. The molecule has 0 fully saturated rings. The Balaban J connectivity index is 1.54. The van der Waals surface area contributed by atoms with Gasteiger partial charge >= 0.3 is 5.97 Å². The second-order valence-electron chi connectivity index (χ2n) is 8.27. The smallest absolute Gasteiger partial charge is 0.341 e. The molecule has 7 heteroatoms. The Morgan fingerprint density at radius 2 is 1.56 bits per heavy atom. The summed E-state index contributed by atoms with van der Waals surface area (Å²) < 4.78 is 11.1. The van der Waals surface area contributed by atoms with Crippen molar-refractivity contribution in [2.75, 3.05) is 19.8 Å². The van der Waals surface area contributed by atoms with E-state index in [4.69, 9.17) is 14.6 Å². The molecule has 0 radical (unpaired) electrons. The molecule has 0 bridgehead atoms. The third-order valence-corrected chi connectivity index (χ3v) is 5.56. The maximum atomic E-state index is 10.6. The molecule has 0 spiro atoms. The number of aryl methyl sites for hydroxylation is 2. The molecule has 0 aliphatic heterocycles. The lowest BCUT2D eigenvalue weighted by atomic mass is 9.95. The summed E-state index contributed by atoms with van der Waals surface area (Å²) in [5.74, 6) is 0.445. The van der Waals surface area contributed by atoms with Gasteiger partial charge in [-0.05, 0) is 85.0 Å². The van der Waals surface area contributed by atoms with Crippen LogP contribution >= 0.6 is 0 Å². The first kappa shape index (κ1) is 25.1. The number of carbonyl (C=O) groups is 1. The van der Waals surface area contributed by atoms with Gasteiger partial charge in [0.15, 0.2) is 6.61 Å². The first-order valence-electron chi connectivity index (χ1n) is 11.1. The zero-order valence-corrected chi connectivity index (χ0v) is 19.6. The first-order valence-corrected chi connectivity index (χ1v) is 11.1. The van der Waals surface area contributed by atoms with Gasteiger partial charge in [0.25, 0.3) is 0 Å². The van der Waals surface area contributed by atoms with E-state index < -0.39 is 12.1 Å². The third kappa shape index (κ3) is 6.73. The minimum Gasteiger partial charge on any atom is -0.508 e. The Labute approximate surface area is 199 Å². The number of nitrogens with one attached hydrogen (secondary N) is 1. The molecule has 0 amide bonds. The maximum Gasteiger partial charge on any atom is 0.341 e. The maximum absolute atomic E-state index is 10.6. The van der Waals surface area contributed by atoms with Crippen molar-refractivity contribution in [1.82, 2.24) is 5.32 Å². The van der Waals surface area contributed by atoms with Crippen LogP contribution in [-0.4, -0.2) is 47.1 Å². The molecule has 3 aromatic rings. The van der Waals surface area contributed by atoms with Crippen molar-refractivity contribution in [2.45, 2.75) is 32.9 Å². The largest absolute Gasteiger partial charge is 0.508 e. The Kier molecular flexibility index (Phi) is 8.51. The molecular weight excluding hydrogens is 434 g/mol. The van der Waals surface area contributed by atoms with Gasteiger partial charge in [-0.25, -0.2) is 4.79 Å². The quantitative estimate of drug-likeness (QED) is 0.314. The molecule has 3 aromatic carbocycles. The number of benzene rings is 3. The van der Waals surface area contributed by atoms with E-state index in [9.17, 15) is 15.0 Å². The number of phenols is 1. The SMILES string of the molecule is Cc1cc(OCCN[C@@H](C)[C@@H](O)c2ccc(O)cc2)cc(C)c1-c1ccc(OCC(=O)O)cc1. The third-order valence-electron chi connectivity index (χ3n) is 5.56. The van der Waals surface area contributed by atoms with Gasteiger partial charge in [0, 0.05) is 12.6 Å². The van der Waals surface area contributed by atoms with Gasteiger partial charge in [-0.2, -0.15) is 0 Å². The zero-order valence-electron chi connectivity index (χ0n) is 19.6. The van der Waals surface area contributed by atoms with Crippen LogP contribution in [0.3, 0.4) is 0 Å². The number of hydrogen-bond acceptors (Lipinski definition) is 6. The fraction of sp³-hybridized carbons (Fsp3) is 0.296. The number of carboxylic acid groups (broad SMARTS) is 1. The average molecular weight is 466 g/mol. The van der Waals surface area contributed by atoms with Gasteiger partial charge in [-0.15, -0.1) is 0 Å². The number of aliphatic hydroxyl groups excluding tert-OH is 1. The van der Waals surface area contributed by atoms with Gasteiger partial charge in [-0.3, -0.25) is 0 Å². The molecule has 180 valence electrons. The van der Waals surface area contributed by atoms with Crippen molar-refractivity contribution < 1.29 is 29.6 Å². The van der Waals surface area contributed by atoms with Crippen molar-refractivity contribution in [3.8, 4) is 28.4 Å². The Morgan fingerprint density at radius 1 is 0.941 bits per heavy atom. The van der Waals surface area contributed by atoms with Crippen molar-refractivity contribution in [3.63, 3.8) is 0 Å². The highest BCUT2D eigenvalue weighted by Gasteiger charge is 2.16. The van der Waals surface area contributed by atoms with Crippen LogP contribution in [0.2, 0.25) is 0 Å². The minimum absolute atomic E-state index is 0.170. The fourth-order valence-corrected chi connectivity index (χ4v) is 3.85. The number of aliphatic carboxylic acids is 1. The summed E-state index contributed by atoms with van der Waals surface area (Å²) in [5, 5.41) is 31.8. The van der Waals surface area contributed by atoms with E-state index in [1.54, 1.807) is 36.4 Å². The molecule has 34 heavy (non-hydrogen) atoms. The van der Waals surface area contributed by atoms with Crippen LogP contribution in [0, 0.1) is 13.8 Å². The van der Waals surface area contributed by atoms with E-state index in [0.717, 1.165) is 33.6 Å². The van der Waals surface area contributed by atoms with Crippen LogP contribution in [-0.2, 0) is 4.79 Å². The monoisotopic (exact) mass is 465 g/mol. The summed E-state index contributed by atoms with van der Waals surface area (Å²) in [6.07, 6.45) is -0.690. The van der Waals surface area contributed by atoms with Crippen LogP contribution in [0.4, 0.5) is 0 Å². The number of phenolic OH excluding ortho intramolecular Hbond substituents is 1. The topological polar surface area (TPSA) is 108 Å². The van der Waals surface area contributed by atoms with Gasteiger partial charge in [-0.1, -0.05) is 24.3 Å². The number of rotatable bonds is 11. The molecule has 0 aliphatic rings. The summed E-state index contributed by atoms with van der Waals surface area (Å²) in [7, 11) is 0. The van der Waals surface area contributed by atoms with E-state index in [1.807, 2.05) is 45.0 Å². The van der Waals surface area contributed by atoms with Crippen LogP contribution in [0.25, 0.3) is 11.1 Å². The molecule has 3 rings (SSSR count). The van der Waals surface area contributed by atoms with E-state index >= 15 is 0 Å². The highest BCUT2D eigenvalue weighted by atomic mass is 16.5. The Morgan fingerprint density at radius 3 is 2.15 bits per heavy atom. The Bertz CT molecular complexity index is 1070. The second-order valence-corrected chi connectivity index (χ2v) is 8.27. The normalized spacial score (nSPS) is 12.7. The summed E-state index contributed by atoms with van der Waals surface area (Å²) in [4.78, 5) is 10.6. The van der Waals surface area contributed by atoms with E-state index in [2.05, 4.69) is 5.32 Å². The first-order chi connectivity index (χ1) is 16.2. The molecule has 0 saturated carbocycles. The van der Waals surface area contributed by atoms with Gasteiger partial charge in [0.1, 0.15) is 23.9 Å². The number of hydrogen-bond donors (Lipinski definition) is 4. The molecule has 0 saturated heterocycles. The van der Waals surface area contributed by atoms with Crippen molar-refractivity contribution in [3.05, 3.63) is 77.4 Å². The molecule has 4 N–H and O–H groups in total. The van der Waals surface area contributed by atoms with Crippen molar-refractivity contribution in [2.24, 2.45) is 0 Å². The fourth-order valence-electron chi connectivity index (χ4n) is 3.85. The predicted molar refractivity (Wildman–Crippen MR) is 131 cm³/mol. The molecule has 2 atom stereocenters. The molecule has 0 unspecified atom stereocenters. The van der Waals surface area contributed by atoms with Crippen molar-refractivity contribution in [1.29, 1.82) is 0 Å². The number of aromatic hydroxyl groups is 1. The molecule has 0 aliphatic carbocycles. The molecule has 0 aromatic heterocycles. The van der Waals surface area contributed by atoms with Gasteiger partial charge < -0.3 is 30.1 Å². The van der Waals surface area contributed by atoms with E-state index in [-0.39, 0.29) is 18.4 Å². The Hall–Kier alpha value is -3.55. The molecule has 7 nitrogen and oxygen atoms in total. The van der Waals surface area contributed by atoms with Gasteiger partial charge in [0.2, 0.25) is 0 Å². The van der Waals surface area contributed by atoms with Crippen LogP contribution in [0.5, 0.6) is 17.2 Å². The lowest BCUT2D eigenvalue weighted by Gasteiger charge is -2.21. The summed E-state index contributed by atoms with van der Waals surface area (Å²) >= 11 is 0. The van der Waals surface area contributed by atoms with E-state index in [1.165, 1.54) is 0 Å². The minimum atomic E-state index is -1.01. The number of carboxylic acids is 1. The van der Waals surface area contributed by atoms with E-state index in [0.29, 0.717) is 18.9 Å². The summed E-state index contributed by atoms with van der Waals surface area (Å²) in [6.45, 7) is 6.59. The predicted octanol–water partition coefficient (Wildman–Crippen LogP) is 4.23. The molecule has 0 heterocycles. The van der Waals surface area contributed by atoms with Crippen LogP contribution in [0.15, 0.2) is 60.7 Å². The number of ether oxygens (including phenoxy) is 2.